The van der Waals surface area contributed by atoms with E-state index in [4.69, 9.17) is 16.3 Å². The third-order valence-corrected chi connectivity index (χ3v) is 5.24. The van der Waals surface area contributed by atoms with Crippen LogP contribution in [0.2, 0.25) is 5.02 Å². The number of likely N-dealkylation sites (N-methyl/N-ethyl adjacent to an activating group) is 1. The fourth-order valence-corrected chi connectivity index (χ4v) is 3.60. The van der Waals surface area contributed by atoms with Crippen molar-refractivity contribution in [3.63, 3.8) is 0 Å². The maximum absolute atomic E-state index is 12.6. The van der Waals surface area contributed by atoms with Crippen molar-refractivity contribution in [3.05, 3.63) is 53.1 Å². The number of hydrogen-bond acceptors (Lipinski definition) is 4. The molecule has 2 amide bonds. The van der Waals surface area contributed by atoms with Gasteiger partial charge in [-0.1, -0.05) is 23.7 Å². The van der Waals surface area contributed by atoms with E-state index >= 15 is 0 Å². The first-order valence-electron chi connectivity index (χ1n) is 9.45. The summed E-state index contributed by atoms with van der Waals surface area (Å²) in [4.78, 5) is 37.7. The lowest BCUT2D eigenvalue weighted by atomic mass is 9.92. The third-order valence-electron chi connectivity index (χ3n) is 4.98. The minimum Gasteiger partial charge on any atom is -0.481 e. The first kappa shape index (κ1) is 21.6. The largest absolute Gasteiger partial charge is 0.481 e. The summed E-state index contributed by atoms with van der Waals surface area (Å²) < 4.78 is 5.81. The van der Waals surface area contributed by atoms with Gasteiger partial charge < -0.3 is 20.1 Å². The van der Waals surface area contributed by atoms with E-state index in [-0.39, 0.29) is 24.7 Å². The van der Waals surface area contributed by atoms with E-state index in [0.717, 1.165) is 5.56 Å². The average molecular weight is 431 g/mol. The van der Waals surface area contributed by atoms with Crippen molar-refractivity contribution in [2.75, 3.05) is 17.3 Å². The minimum absolute atomic E-state index is 0.00421. The van der Waals surface area contributed by atoms with Crippen LogP contribution in [0, 0.1) is 0 Å². The van der Waals surface area contributed by atoms with Crippen LogP contribution >= 0.6 is 11.6 Å². The van der Waals surface area contributed by atoms with Crippen LogP contribution in [0.4, 0.5) is 11.4 Å². The number of carboxylic acid groups (broad SMARTS) is 1. The van der Waals surface area contributed by atoms with Gasteiger partial charge in [0.2, 0.25) is 5.91 Å². The molecule has 8 heteroatoms. The maximum Gasteiger partial charge on any atom is 0.303 e. The summed E-state index contributed by atoms with van der Waals surface area (Å²) in [6.07, 6.45) is -0.181. The second-order valence-electron chi connectivity index (χ2n) is 7.76. The predicted molar refractivity (Wildman–Crippen MR) is 114 cm³/mol. The van der Waals surface area contributed by atoms with Gasteiger partial charge in [0.05, 0.1) is 12.1 Å². The van der Waals surface area contributed by atoms with Crippen LogP contribution in [0.3, 0.4) is 0 Å². The number of halogens is 1. The highest BCUT2D eigenvalue weighted by Crippen LogP contribution is 2.38. The Labute approximate surface area is 179 Å². The number of anilines is 2. The van der Waals surface area contributed by atoms with E-state index in [1.807, 2.05) is 0 Å². The normalized spacial score (nSPS) is 15.7. The van der Waals surface area contributed by atoms with E-state index in [1.54, 1.807) is 63.4 Å². The number of fused-ring (bicyclic) bond motifs is 1. The molecule has 0 aliphatic carbocycles. The Morgan fingerprint density at radius 3 is 2.47 bits per heavy atom. The number of nitrogens with one attached hydrogen (secondary N) is 1. The highest BCUT2D eigenvalue weighted by atomic mass is 35.5. The second kappa shape index (κ2) is 8.36. The zero-order valence-electron chi connectivity index (χ0n) is 16.9. The number of ether oxygens (including phenoxy) is 1. The number of amides is 2. The van der Waals surface area contributed by atoms with Gasteiger partial charge in [0.1, 0.15) is 5.75 Å². The molecule has 0 bridgehead atoms. The lowest BCUT2D eigenvalue weighted by molar-refractivity contribution is -0.137. The Bertz CT molecular complexity index is 988. The summed E-state index contributed by atoms with van der Waals surface area (Å²) in [6, 6.07) is 11.8. The van der Waals surface area contributed by atoms with Crippen LogP contribution in [0.15, 0.2) is 42.5 Å². The lowest BCUT2D eigenvalue weighted by Crippen LogP contribution is -2.50. The highest BCUT2D eigenvalue weighted by Gasteiger charge is 2.39. The molecular formula is C22H23ClN2O5. The van der Waals surface area contributed by atoms with E-state index in [9.17, 15) is 19.5 Å². The molecule has 0 spiro atoms. The van der Waals surface area contributed by atoms with Gasteiger partial charge in [0, 0.05) is 36.2 Å². The van der Waals surface area contributed by atoms with Gasteiger partial charge in [0.15, 0.2) is 5.60 Å². The zero-order chi connectivity index (χ0) is 22.1. The standard InChI is InChI=1S/C22H23ClN2O5/c1-22(2)21(29)25(3)17-9-8-16(12-18(17)30-22)24-19(26)10-14(11-20(27)28)13-4-6-15(23)7-5-13/h4-9,12,14H,10-11H2,1-3H3,(H,24,26)(H,27,28). The zero-order valence-corrected chi connectivity index (χ0v) is 17.7. The Hall–Kier alpha value is -3.06. The van der Waals surface area contributed by atoms with Gasteiger partial charge >= 0.3 is 5.97 Å². The highest BCUT2D eigenvalue weighted by molar-refractivity contribution is 6.30. The van der Waals surface area contributed by atoms with Crippen molar-refractivity contribution >= 4 is 40.8 Å². The molecule has 0 saturated heterocycles. The second-order valence-corrected chi connectivity index (χ2v) is 8.19. The summed E-state index contributed by atoms with van der Waals surface area (Å²) in [7, 11) is 1.67. The number of carboxylic acids is 1. The Kier molecular flexibility index (Phi) is 6.03. The Balaban J connectivity index is 1.76. The molecule has 2 N–H and O–H groups in total. The topological polar surface area (TPSA) is 95.9 Å². The Morgan fingerprint density at radius 1 is 1.17 bits per heavy atom. The lowest BCUT2D eigenvalue weighted by Gasteiger charge is -2.37. The van der Waals surface area contributed by atoms with Crippen molar-refractivity contribution < 1.29 is 24.2 Å². The fraction of sp³-hybridized carbons (Fsp3) is 0.318. The molecule has 0 saturated carbocycles. The van der Waals surface area contributed by atoms with Gasteiger partial charge in [-0.15, -0.1) is 0 Å². The van der Waals surface area contributed by atoms with E-state index in [0.29, 0.717) is 22.1 Å². The molecule has 0 aromatic heterocycles. The molecule has 1 aliphatic rings. The summed E-state index contributed by atoms with van der Waals surface area (Å²) in [5, 5.41) is 12.6. The summed E-state index contributed by atoms with van der Waals surface area (Å²) in [5.41, 5.74) is 0.836. The van der Waals surface area contributed by atoms with Crippen LogP contribution in [0.5, 0.6) is 5.75 Å². The van der Waals surface area contributed by atoms with Gasteiger partial charge in [-0.05, 0) is 43.7 Å². The number of carbonyl (C=O) groups excluding carboxylic acids is 2. The number of carbonyl (C=O) groups is 3. The van der Waals surface area contributed by atoms with E-state index < -0.39 is 17.5 Å². The Morgan fingerprint density at radius 2 is 1.83 bits per heavy atom. The first-order chi connectivity index (χ1) is 14.1. The molecule has 1 aliphatic heterocycles. The van der Waals surface area contributed by atoms with Gasteiger partial charge in [-0.2, -0.15) is 0 Å². The molecule has 30 heavy (non-hydrogen) atoms. The average Bonchev–Trinajstić information content (AvgIpc) is 2.65. The summed E-state index contributed by atoms with van der Waals surface area (Å²) in [5.74, 6) is -1.47. The van der Waals surface area contributed by atoms with Crippen LogP contribution < -0.4 is 15.0 Å². The first-order valence-corrected chi connectivity index (χ1v) is 9.83. The molecular weight excluding hydrogens is 408 g/mol. The number of benzene rings is 2. The van der Waals surface area contributed by atoms with Gasteiger partial charge in [-0.3, -0.25) is 14.4 Å². The van der Waals surface area contributed by atoms with Crippen LogP contribution in [0.25, 0.3) is 0 Å². The van der Waals surface area contributed by atoms with Crippen molar-refractivity contribution in [2.24, 2.45) is 0 Å². The molecule has 2 aromatic carbocycles. The van der Waals surface area contributed by atoms with Crippen molar-refractivity contribution in [3.8, 4) is 5.75 Å². The van der Waals surface area contributed by atoms with E-state index in [1.165, 1.54) is 4.90 Å². The molecule has 0 fully saturated rings. The quantitative estimate of drug-likeness (QED) is 0.720. The predicted octanol–water partition coefficient (Wildman–Crippen LogP) is 4.06. The van der Waals surface area contributed by atoms with Gasteiger partial charge in [0.25, 0.3) is 5.91 Å². The molecule has 2 aromatic rings. The monoisotopic (exact) mass is 430 g/mol. The minimum atomic E-state index is -1.01. The van der Waals surface area contributed by atoms with Crippen LogP contribution in [0.1, 0.15) is 38.2 Å². The van der Waals surface area contributed by atoms with Crippen molar-refractivity contribution in [2.45, 2.75) is 38.2 Å². The molecule has 1 unspecified atom stereocenters. The fourth-order valence-electron chi connectivity index (χ4n) is 3.47. The third kappa shape index (κ3) is 4.74. The number of aliphatic carboxylic acids is 1. The summed E-state index contributed by atoms with van der Waals surface area (Å²) in [6.45, 7) is 3.37. The van der Waals surface area contributed by atoms with Crippen LogP contribution in [-0.4, -0.2) is 35.5 Å². The van der Waals surface area contributed by atoms with E-state index in [2.05, 4.69) is 5.32 Å². The smallest absolute Gasteiger partial charge is 0.303 e. The SMILES string of the molecule is CN1C(=O)C(C)(C)Oc2cc(NC(=O)CC(CC(=O)O)c3ccc(Cl)cc3)ccc21. The molecule has 1 heterocycles. The molecule has 7 nitrogen and oxygen atoms in total. The maximum atomic E-state index is 12.6. The van der Waals surface area contributed by atoms with Gasteiger partial charge in [-0.25, -0.2) is 0 Å². The molecule has 0 radical (unpaired) electrons. The number of rotatable bonds is 6. The molecule has 3 rings (SSSR count). The van der Waals surface area contributed by atoms with Crippen LogP contribution in [-0.2, 0) is 14.4 Å². The number of nitrogens with zero attached hydrogens (tertiary/aromatic N) is 1. The molecule has 158 valence electrons. The van der Waals surface area contributed by atoms with Crippen molar-refractivity contribution in [1.29, 1.82) is 0 Å². The summed E-state index contributed by atoms with van der Waals surface area (Å²) >= 11 is 5.90. The number of hydrogen-bond donors (Lipinski definition) is 2. The molecule has 1 atom stereocenters. The van der Waals surface area contributed by atoms with Crippen molar-refractivity contribution in [1.82, 2.24) is 0 Å².